The summed E-state index contributed by atoms with van der Waals surface area (Å²) < 4.78 is 10.2. The summed E-state index contributed by atoms with van der Waals surface area (Å²) in [6.45, 7) is 1.54. The van der Waals surface area contributed by atoms with Crippen LogP contribution in [0.2, 0.25) is 0 Å². The van der Waals surface area contributed by atoms with Gasteiger partial charge in [0.2, 0.25) is 5.91 Å². The van der Waals surface area contributed by atoms with Crippen molar-refractivity contribution in [1.29, 1.82) is 0 Å². The van der Waals surface area contributed by atoms with Gasteiger partial charge in [0.25, 0.3) is 11.1 Å². The van der Waals surface area contributed by atoms with E-state index >= 15 is 0 Å². The van der Waals surface area contributed by atoms with Crippen molar-refractivity contribution in [2.24, 2.45) is 0 Å². The summed E-state index contributed by atoms with van der Waals surface area (Å²) >= 11 is 0.819. The standard InChI is InChI=1S/C21H20N2O5S/c1-13-10-17(28-3)7-4-14(13)11-18-20(25)23(21(26)29-18)12-19(24)22-15-5-8-16(27-2)9-6-15/h4-11H,12H2,1-3H3,(H,22,24)/b18-11+. The Morgan fingerprint density at radius 3 is 2.34 bits per heavy atom. The lowest BCUT2D eigenvalue weighted by Gasteiger charge is -2.12. The smallest absolute Gasteiger partial charge is 0.294 e. The van der Waals surface area contributed by atoms with Gasteiger partial charge in [-0.3, -0.25) is 19.3 Å². The minimum Gasteiger partial charge on any atom is -0.497 e. The van der Waals surface area contributed by atoms with Crippen LogP contribution in [-0.2, 0) is 9.59 Å². The van der Waals surface area contributed by atoms with Crippen LogP contribution < -0.4 is 14.8 Å². The van der Waals surface area contributed by atoms with Gasteiger partial charge >= 0.3 is 0 Å². The van der Waals surface area contributed by atoms with E-state index in [1.165, 1.54) is 0 Å². The molecule has 8 heteroatoms. The van der Waals surface area contributed by atoms with Crippen LogP contribution in [0.5, 0.6) is 11.5 Å². The largest absolute Gasteiger partial charge is 0.497 e. The van der Waals surface area contributed by atoms with Crippen LogP contribution >= 0.6 is 11.8 Å². The van der Waals surface area contributed by atoms with Crippen molar-refractivity contribution in [3.63, 3.8) is 0 Å². The van der Waals surface area contributed by atoms with Gasteiger partial charge in [-0.1, -0.05) is 6.07 Å². The van der Waals surface area contributed by atoms with Crippen LogP contribution in [0, 0.1) is 6.92 Å². The molecule has 0 aromatic heterocycles. The number of aryl methyl sites for hydroxylation is 1. The molecule has 150 valence electrons. The molecular weight excluding hydrogens is 392 g/mol. The van der Waals surface area contributed by atoms with Crippen molar-refractivity contribution in [1.82, 2.24) is 4.90 Å². The summed E-state index contributed by atoms with van der Waals surface area (Å²) in [6, 6.07) is 12.2. The molecule has 0 radical (unpaired) electrons. The molecule has 1 N–H and O–H groups in total. The molecule has 2 aromatic rings. The first kappa shape index (κ1) is 20.5. The third-order valence-corrected chi connectivity index (χ3v) is 5.22. The van der Waals surface area contributed by atoms with E-state index in [0.717, 1.165) is 27.8 Å². The lowest BCUT2D eigenvalue weighted by Crippen LogP contribution is -2.36. The number of rotatable bonds is 6. The number of nitrogens with zero attached hydrogens (tertiary/aromatic N) is 1. The Balaban J connectivity index is 1.69. The van der Waals surface area contributed by atoms with Gasteiger partial charge in [-0.05, 0) is 72.3 Å². The average Bonchev–Trinajstić information content (AvgIpc) is 2.97. The SMILES string of the molecule is COc1ccc(NC(=O)CN2C(=O)S/C(=C/c3ccc(OC)cc3C)C2=O)cc1. The van der Waals surface area contributed by atoms with Gasteiger partial charge < -0.3 is 14.8 Å². The molecule has 1 saturated heterocycles. The molecule has 0 spiro atoms. The molecule has 0 aliphatic carbocycles. The first-order chi connectivity index (χ1) is 13.9. The number of thioether (sulfide) groups is 1. The van der Waals surface area contributed by atoms with E-state index in [1.807, 2.05) is 19.1 Å². The molecule has 0 atom stereocenters. The van der Waals surface area contributed by atoms with E-state index in [0.29, 0.717) is 17.2 Å². The van der Waals surface area contributed by atoms with E-state index < -0.39 is 17.1 Å². The van der Waals surface area contributed by atoms with E-state index in [9.17, 15) is 14.4 Å². The van der Waals surface area contributed by atoms with Crippen molar-refractivity contribution in [3.05, 3.63) is 58.5 Å². The summed E-state index contributed by atoms with van der Waals surface area (Å²) in [5.41, 5.74) is 2.26. The third-order valence-electron chi connectivity index (χ3n) is 4.31. The summed E-state index contributed by atoms with van der Waals surface area (Å²) in [6.07, 6.45) is 1.65. The molecule has 0 saturated carbocycles. The average molecular weight is 412 g/mol. The van der Waals surface area contributed by atoms with Gasteiger partial charge in [-0.15, -0.1) is 0 Å². The Morgan fingerprint density at radius 2 is 1.72 bits per heavy atom. The molecule has 3 amide bonds. The van der Waals surface area contributed by atoms with E-state index in [1.54, 1.807) is 50.6 Å². The van der Waals surface area contributed by atoms with Gasteiger partial charge in [-0.2, -0.15) is 0 Å². The molecular formula is C21H20N2O5S. The van der Waals surface area contributed by atoms with Crippen LogP contribution in [0.15, 0.2) is 47.4 Å². The molecule has 7 nitrogen and oxygen atoms in total. The fourth-order valence-electron chi connectivity index (χ4n) is 2.73. The summed E-state index contributed by atoms with van der Waals surface area (Å²) in [4.78, 5) is 38.4. The third kappa shape index (κ3) is 4.78. The minimum atomic E-state index is -0.486. The Kier molecular flexibility index (Phi) is 6.23. The maximum absolute atomic E-state index is 12.6. The first-order valence-electron chi connectivity index (χ1n) is 8.75. The zero-order chi connectivity index (χ0) is 21.0. The maximum atomic E-state index is 12.6. The molecule has 1 aliphatic rings. The van der Waals surface area contributed by atoms with Crippen LogP contribution in [0.25, 0.3) is 6.08 Å². The highest BCUT2D eigenvalue weighted by molar-refractivity contribution is 8.18. The number of nitrogens with one attached hydrogen (secondary N) is 1. The molecule has 1 heterocycles. The van der Waals surface area contributed by atoms with Gasteiger partial charge in [0.05, 0.1) is 19.1 Å². The number of carbonyl (C=O) groups is 3. The molecule has 29 heavy (non-hydrogen) atoms. The van der Waals surface area contributed by atoms with Gasteiger partial charge in [-0.25, -0.2) is 0 Å². The van der Waals surface area contributed by atoms with Gasteiger partial charge in [0.1, 0.15) is 18.0 Å². The van der Waals surface area contributed by atoms with Crippen LogP contribution in [0.4, 0.5) is 10.5 Å². The second-order valence-electron chi connectivity index (χ2n) is 6.27. The monoisotopic (exact) mass is 412 g/mol. The Labute approximate surface area is 172 Å². The molecule has 1 aliphatic heterocycles. The van der Waals surface area contributed by atoms with Crippen molar-refractivity contribution < 1.29 is 23.9 Å². The van der Waals surface area contributed by atoms with Crippen molar-refractivity contribution in [2.75, 3.05) is 26.1 Å². The maximum Gasteiger partial charge on any atom is 0.294 e. The number of methoxy groups -OCH3 is 2. The fraction of sp³-hybridized carbons (Fsp3) is 0.190. The second-order valence-corrected chi connectivity index (χ2v) is 7.26. The van der Waals surface area contributed by atoms with Crippen molar-refractivity contribution >= 4 is 40.6 Å². The highest BCUT2D eigenvalue weighted by atomic mass is 32.2. The topological polar surface area (TPSA) is 84.9 Å². The fourth-order valence-corrected chi connectivity index (χ4v) is 3.56. The molecule has 3 rings (SSSR count). The Morgan fingerprint density at radius 1 is 1.07 bits per heavy atom. The Hall–Kier alpha value is -3.26. The quantitative estimate of drug-likeness (QED) is 0.729. The Bertz CT molecular complexity index is 985. The normalized spacial score (nSPS) is 15.0. The van der Waals surface area contributed by atoms with E-state index in [-0.39, 0.29) is 11.4 Å². The summed E-state index contributed by atoms with van der Waals surface area (Å²) in [5, 5.41) is 2.19. The highest BCUT2D eigenvalue weighted by Gasteiger charge is 2.36. The summed E-state index contributed by atoms with van der Waals surface area (Å²) in [5.74, 6) is 0.426. The lowest BCUT2D eigenvalue weighted by atomic mass is 10.1. The minimum absolute atomic E-state index is 0.278. The number of carbonyl (C=O) groups excluding carboxylic acids is 3. The highest BCUT2D eigenvalue weighted by Crippen LogP contribution is 2.33. The second kappa shape index (κ2) is 8.83. The predicted octanol–water partition coefficient (Wildman–Crippen LogP) is 3.69. The van der Waals surface area contributed by atoms with Crippen molar-refractivity contribution in [3.8, 4) is 11.5 Å². The zero-order valence-electron chi connectivity index (χ0n) is 16.2. The first-order valence-corrected chi connectivity index (χ1v) is 9.57. The number of hydrogen-bond donors (Lipinski definition) is 1. The molecule has 0 bridgehead atoms. The summed E-state index contributed by atoms with van der Waals surface area (Å²) in [7, 11) is 3.13. The number of benzene rings is 2. The van der Waals surface area contributed by atoms with E-state index in [2.05, 4.69) is 5.32 Å². The van der Waals surface area contributed by atoms with Crippen LogP contribution in [0.1, 0.15) is 11.1 Å². The predicted molar refractivity (Wildman–Crippen MR) is 112 cm³/mol. The molecule has 0 unspecified atom stereocenters. The molecule has 1 fully saturated rings. The molecule has 2 aromatic carbocycles. The van der Waals surface area contributed by atoms with Gasteiger partial charge in [0.15, 0.2) is 0 Å². The number of ether oxygens (including phenoxy) is 2. The number of hydrogen-bond acceptors (Lipinski definition) is 6. The number of imide groups is 1. The van der Waals surface area contributed by atoms with Crippen LogP contribution in [-0.4, -0.2) is 42.7 Å². The lowest BCUT2D eigenvalue weighted by molar-refractivity contribution is -0.127. The van der Waals surface area contributed by atoms with E-state index in [4.69, 9.17) is 9.47 Å². The number of anilines is 1. The van der Waals surface area contributed by atoms with Gasteiger partial charge in [0, 0.05) is 5.69 Å². The zero-order valence-corrected chi connectivity index (χ0v) is 17.0. The number of amides is 3. The van der Waals surface area contributed by atoms with Crippen molar-refractivity contribution in [2.45, 2.75) is 6.92 Å². The van der Waals surface area contributed by atoms with Crippen LogP contribution in [0.3, 0.4) is 0 Å².